The molecule has 1 aromatic carbocycles. The van der Waals surface area contributed by atoms with Crippen molar-refractivity contribution in [3.05, 3.63) is 29.8 Å². The molecule has 6 heteroatoms. The van der Waals surface area contributed by atoms with E-state index in [1.165, 1.54) is 0 Å². The highest BCUT2D eigenvalue weighted by Crippen LogP contribution is 2.22. The topological polar surface area (TPSA) is 75.3 Å². The molecule has 0 heterocycles. The Bertz CT molecular complexity index is 605. The van der Waals surface area contributed by atoms with Crippen molar-refractivity contribution in [2.24, 2.45) is 5.92 Å². The van der Waals surface area contributed by atoms with Crippen molar-refractivity contribution in [2.45, 2.75) is 50.5 Å². The van der Waals surface area contributed by atoms with Gasteiger partial charge in [-0.25, -0.2) is 13.1 Å². The Labute approximate surface area is 132 Å². The summed E-state index contributed by atoms with van der Waals surface area (Å²) in [6, 6.07) is 6.86. The number of rotatable bonds is 8. The molecule has 1 aliphatic carbocycles. The number of carbonyl (C=O) groups is 1. The summed E-state index contributed by atoms with van der Waals surface area (Å²) in [5, 5.41) is 2.87. The van der Waals surface area contributed by atoms with Crippen LogP contribution in [0, 0.1) is 5.92 Å². The zero-order valence-electron chi connectivity index (χ0n) is 13.1. The maximum atomic E-state index is 12.0. The Kier molecular flexibility index (Phi) is 5.58. The smallest absolute Gasteiger partial charge is 0.240 e. The van der Waals surface area contributed by atoms with E-state index in [0.29, 0.717) is 25.3 Å². The highest BCUT2D eigenvalue weighted by molar-refractivity contribution is 7.89. The van der Waals surface area contributed by atoms with Crippen LogP contribution in [0.4, 0.5) is 0 Å². The molecule has 0 spiro atoms. The van der Waals surface area contributed by atoms with Crippen LogP contribution in [0.15, 0.2) is 29.2 Å². The predicted molar refractivity (Wildman–Crippen MR) is 86.0 cm³/mol. The van der Waals surface area contributed by atoms with Crippen LogP contribution < -0.4 is 10.0 Å². The second-order valence-corrected chi connectivity index (χ2v) is 7.95. The number of carbonyl (C=O) groups excluding carboxylic acids is 1. The van der Waals surface area contributed by atoms with Gasteiger partial charge in [0.2, 0.25) is 15.9 Å². The molecule has 2 N–H and O–H groups in total. The van der Waals surface area contributed by atoms with Gasteiger partial charge in [0.05, 0.1) is 4.90 Å². The molecule has 5 nitrogen and oxygen atoms in total. The molecule has 1 saturated carbocycles. The molecular weight excluding hydrogens is 300 g/mol. The summed E-state index contributed by atoms with van der Waals surface area (Å²) in [6.45, 7) is 4.78. The number of amides is 1. The van der Waals surface area contributed by atoms with Crippen LogP contribution in [0.25, 0.3) is 0 Å². The van der Waals surface area contributed by atoms with Gasteiger partial charge in [-0.2, -0.15) is 0 Å². The zero-order chi connectivity index (χ0) is 16.2. The molecule has 2 rings (SSSR count). The molecular formula is C16H24N2O3S. The first-order chi connectivity index (χ1) is 10.4. The third-order valence-corrected chi connectivity index (χ3v) is 5.02. The molecule has 1 fully saturated rings. The molecule has 0 aromatic heterocycles. The Hall–Kier alpha value is -1.40. The quantitative estimate of drug-likeness (QED) is 0.766. The van der Waals surface area contributed by atoms with Crippen LogP contribution in [0.1, 0.15) is 38.7 Å². The van der Waals surface area contributed by atoms with Gasteiger partial charge in [-0.3, -0.25) is 4.79 Å². The highest BCUT2D eigenvalue weighted by Gasteiger charge is 2.27. The lowest BCUT2D eigenvalue weighted by Gasteiger charge is -2.08. The summed E-state index contributed by atoms with van der Waals surface area (Å²) < 4.78 is 26.7. The molecule has 122 valence electrons. The molecule has 0 saturated heterocycles. The predicted octanol–water partition coefficient (Wildman–Crippen LogP) is 1.83. The van der Waals surface area contributed by atoms with Crippen LogP contribution in [0.2, 0.25) is 0 Å². The lowest BCUT2D eigenvalue weighted by molar-refractivity contribution is -0.121. The van der Waals surface area contributed by atoms with Crippen molar-refractivity contribution < 1.29 is 13.2 Å². The van der Waals surface area contributed by atoms with E-state index < -0.39 is 10.0 Å². The molecule has 22 heavy (non-hydrogen) atoms. The van der Waals surface area contributed by atoms with Crippen molar-refractivity contribution in [2.75, 3.05) is 6.54 Å². The molecule has 0 unspecified atom stereocenters. The fourth-order valence-corrected chi connectivity index (χ4v) is 3.29. The number of sulfonamides is 1. The second kappa shape index (κ2) is 7.24. The maximum Gasteiger partial charge on any atom is 0.240 e. The number of hydrogen-bond donors (Lipinski definition) is 2. The first-order valence-electron chi connectivity index (χ1n) is 7.75. The summed E-state index contributed by atoms with van der Waals surface area (Å²) in [5.74, 6) is 0.466. The summed E-state index contributed by atoms with van der Waals surface area (Å²) in [4.78, 5) is 11.9. The van der Waals surface area contributed by atoms with Gasteiger partial charge in [-0.1, -0.05) is 26.0 Å². The molecule has 0 bridgehead atoms. The van der Waals surface area contributed by atoms with Gasteiger partial charge in [-0.15, -0.1) is 0 Å². The monoisotopic (exact) mass is 324 g/mol. The Morgan fingerprint density at radius 3 is 2.41 bits per heavy atom. The Morgan fingerprint density at radius 2 is 1.86 bits per heavy atom. The van der Waals surface area contributed by atoms with E-state index in [-0.39, 0.29) is 16.8 Å². The van der Waals surface area contributed by atoms with Crippen LogP contribution in [-0.2, 0) is 21.2 Å². The first kappa shape index (κ1) is 17.0. The summed E-state index contributed by atoms with van der Waals surface area (Å²) in [6.07, 6.45) is 2.87. The van der Waals surface area contributed by atoms with E-state index in [9.17, 15) is 13.2 Å². The Morgan fingerprint density at radius 1 is 1.23 bits per heavy atom. The third kappa shape index (κ3) is 5.42. The number of aryl methyl sites for hydroxylation is 1. The van der Waals surface area contributed by atoms with Crippen LogP contribution in [-0.4, -0.2) is 26.9 Å². The SMILES string of the molecule is CC(C)CNC(=O)CCc1ccc(S(=O)(=O)NC2CC2)cc1. The third-order valence-electron chi connectivity index (χ3n) is 3.48. The zero-order valence-corrected chi connectivity index (χ0v) is 13.9. The standard InChI is InChI=1S/C16H24N2O3S/c1-12(2)11-17-16(19)10-5-13-3-8-15(9-4-13)22(20,21)18-14-6-7-14/h3-4,8-9,12,14,18H,5-7,10-11H2,1-2H3,(H,17,19). The van der Waals surface area contributed by atoms with Gasteiger partial charge in [0, 0.05) is 19.0 Å². The molecule has 0 aliphatic heterocycles. The largest absolute Gasteiger partial charge is 0.356 e. The minimum absolute atomic E-state index is 0.0285. The normalized spacial score (nSPS) is 15.0. The maximum absolute atomic E-state index is 12.0. The van der Waals surface area contributed by atoms with Crippen molar-refractivity contribution in [3.8, 4) is 0 Å². The molecule has 1 aromatic rings. The van der Waals surface area contributed by atoms with Crippen molar-refractivity contribution in [3.63, 3.8) is 0 Å². The number of nitrogens with one attached hydrogen (secondary N) is 2. The molecule has 1 amide bonds. The van der Waals surface area contributed by atoms with Gasteiger partial charge in [-0.05, 0) is 42.9 Å². The first-order valence-corrected chi connectivity index (χ1v) is 9.23. The fraction of sp³-hybridized carbons (Fsp3) is 0.562. The van der Waals surface area contributed by atoms with Crippen molar-refractivity contribution in [1.29, 1.82) is 0 Å². The summed E-state index contributed by atoms with van der Waals surface area (Å²) >= 11 is 0. The lowest BCUT2D eigenvalue weighted by atomic mass is 10.1. The number of hydrogen-bond acceptors (Lipinski definition) is 3. The summed E-state index contributed by atoms with van der Waals surface area (Å²) in [5.41, 5.74) is 0.963. The van der Waals surface area contributed by atoms with Crippen molar-refractivity contribution in [1.82, 2.24) is 10.0 Å². The minimum Gasteiger partial charge on any atom is -0.356 e. The van der Waals surface area contributed by atoms with Gasteiger partial charge < -0.3 is 5.32 Å². The van der Waals surface area contributed by atoms with Gasteiger partial charge in [0.1, 0.15) is 0 Å². The van der Waals surface area contributed by atoms with Crippen LogP contribution in [0.3, 0.4) is 0 Å². The average Bonchev–Trinajstić information content (AvgIpc) is 3.26. The minimum atomic E-state index is -3.39. The van der Waals surface area contributed by atoms with Crippen molar-refractivity contribution >= 4 is 15.9 Å². The van der Waals surface area contributed by atoms with Gasteiger partial charge in [0.15, 0.2) is 0 Å². The Balaban J connectivity index is 1.85. The summed E-state index contributed by atoms with van der Waals surface area (Å²) in [7, 11) is -3.39. The highest BCUT2D eigenvalue weighted by atomic mass is 32.2. The average molecular weight is 324 g/mol. The van der Waals surface area contributed by atoms with E-state index >= 15 is 0 Å². The molecule has 0 radical (unpaired) electrons. The molecule has 0 atom stereocenters. The second-order valence-electron chi connectivity index (χ2n) is 6.24. The lowest BCUT2D eigenvalue weighted by Crippen LogP contribution is -2.27. The van der Waals surface area contributed by atoms with Gasteiger partial charge in [0.25, 0.3) is 0 Å². The van der Waals surface area contributed by atoms with Crippen LogP contribution in [0.5, 0.6) is 0 Å². The van der Waals surface area contributed by atoms with E-state index in [4.69, 9.17) is 0 Å². The fourth-order valence-electron chi connectivity index (χ4n) is 1.99. The van der Waals surface area contributed by atoms with E-state index in [2.05, 4.69) is 23.9 Å². The van der Waals surface area contributed by atoms with E-state index in [1.807, 2.05) is 0 Å². The van der Waals surface area contributed by atoms with E-state index in [1.54, 1.807) is 24.3 Å². The molecule has 1 aliphatic rings. The van der Waals surface area contributed by atoms with Crippen LogP contribution >= 0.6 is 0 Å². The number of benzene rings is 1. The van der Waals surface area contributed by atoms with Gasteiger partial charge >= 0.3 is 0 Å². The van der Waals surface area contributed by atoms with E-state index in [0.717, 1.165) is 18.4 Å².